The van der Waals surface area contributed by atoms with Gasteiger partial charge in [-0.3, -0.25) is 4.79 Å². The smallest absolute Gasteiger partial charge is 0.255 e. The molecule has 2 aromatic carbocycles. The van der Waals surface area contributed by atoms with Crippen LogP contribution in [0.15, 0.2) is 66.9 Å². The molecule has 0 aliphatic rings. The normalized spacial score (nSPS) is 10.6. The second-order valence-corrected chi connectivity index (χ2v) is 6.81. The van der Waals surface area contributed by atoms with Crippen molar-refractivity contribution in [1.82, 2.24) is 4.98 Å². The average Bonchev–Trinajstić information content (AvgIpc) is 2.71. The lowest BCUT2D eigenvalue weighted by Crippen LogP contribution is -2.15. The van der Waals surface area contributed by atoms with Crippen LogP contribution < -0.4 is 15.4 Å². The molecule has 3 aromatic rings. The van der Waals surface area contributed by atoms with Crippen molar-refractivity contribution in [2.45, 2.75) is 26.4 Å². The summed E-state index contributed by atoms with van der Waals surface area (Å²) in [5, 5.41) is 6.01. The number of aromatic nitrogens is 1. The van der Waals surface area contributed by atoms with Crippen LogP contribution >= 0.6 is 0 Å². The maximum absolute atomic E-state index is 13.7. The molecule has 2 N–H and O–H groups in total. The molecule has 0 radical (unpaired) electrons. The van der Waals surface area contributed by atoms with Gasteiger partial charge in [-0.2, -0.15) is 0 Å². The van der Waals surface area contributed by atoms with E-state index in [2.05, 4.69) is 15.6 Å². The Kier molecular flexibility index (Phi) is 6.79. The average molecular weight is 393 g/mol. The van der Waals surface area contributed by atoms with E-state index in [0.29, 0.717) is 41.3 Å². The molecule has 0 saturated carbocycles. The van der Waals surface area contributed by atoms with Crippen LogP contribution in [0.3, 0.4) is 0 Å². The van der Waals surface area contributed by atoms with E-state index in [9.17, 15) is 9.18 Å². The van der Waals surface area contributed by atoms with Gasteiger partial charge in [0.25, 0.3) is 5.91 Å². The second kappa shape index (κ2) is 9.68. The van der Waals surface area contributed by atoms with Gasteiger partial charge < -0.3 is 15.4 Å². The number of hydrogen-bond acceptors (Lipinski definition) is 4. The third-order valence-electron chi connectivity index (χ3n) is 4.18. The zero-order chi connectivity index (χ0) is 20.6. The summed E-state index contributed by atoms with van der Waals surface area (Å²) in [6, 6.07) is 17.3. The SMILES string of the molecule is CC(C)Oc1ccccc1NC(=O)c1ccnc(NCCc2ccccc2F)c1. The molecule has 0 atom stereocenters. The number of amides is 1. The van der Waals surface area contributed by atoms with Gasteiger partial charge in [-0.05, 0) is 56.2 Å². The van der Waals surface area contributed by atoms with Crippen LogP contribution in [0.2, 0.25) is 0 Å². The Morgan fingerprint density at radius 3 is 2.66 bits per heavy atom. The van der Waals surface area contributed by atoms with Gasteiger partial charge in [0.15, 0.2) is 0 Å². The van der Waals surface area contributed by atoms with Crippen molar-refractivity contribution < 1.29 is 13.9 Å². The van der Waals surface area contributed by atoms with Crippen molar-refractivity contribution in [2.24, 2.45) is 0 Å². The summed E-state index contributed by atoms with van der Waals surface area (Å²) >= 11 is 0. The lowest BCUT2D eigenvalue weighted by atomic mass is 10.1. The number of ether oxygens (including phenoxy) is 1. The van der Waals surface area contributed by atoms with E-state index in [4.69, 9.17) is 4.74 Å². The molecule has 3 rings (SSSR count). The fraction of sp³-hybridized carbons (Fsp3) is 0.217. The largest absolute Gasteiger partial charge is 0.489 e. The highest BCUT2D eigenvalue weighted by atomic mass is 19.1. The van der Waals surface area contributed by atoms with Crippen molar-refractivity contribution >= 4 is 17.4 Å². The lowest BCUT2D eigenvalue weighted by Gasteiger charge is -2.15. The van der Waals surface area contributed by atoms with Crippen LogP contribution in [0.4, 0.5) is 15.9 Å². The predicted octanol–water partition coefficient (Wildman–Crippen LogP) is 4.91. The minimum absolute atomic E-state index is 0.000712. The molecular weight excluding hydrogens is 369 g/mol. The van der Waals surface area contributed by atoms with Crippen LogP contribution in [0.1, 0.15) is 29.8 Å². The Labute approximate surface area is 169 Å². The number of carbonyl (C=O) groups is 1. The van der Waals surface area contributed by atoms with Crippen LogP contribution in [0, 0.1) is 5.82 Å². The number of nitrogens with one attached hydrogen (secondary N) is 2. The monoisotopic (exact) mass is 393 g/mol. The molecular formula is C23H24FN3O2. The van der Waals surface area contributed by atoms with Crippen LogP contribution in [-0.2, 0) is 6.42 Å². The van der Waals surface area contributed by atoms with Crippen LogP contribution in [0.5, 0.6) is 5.75 Å². The van der Waals surface area contributed by atoms with Gasteiger partial charge in [0.2, 0.25) is 0 Å². The number of nitrogens with zero attached hydrogens (tertiary/aromatic N) is 1. The predicted molar refractivity (Wildman–Crippen MR) is 113 cm³/mol. The molecule has 5 nitrogen and oxygen atoms in total. The van der Waals surface area contributed by atoms with E-state index in [1.54, 1.807) is 36.5 Å². The maximum atomic E-state index is 13.7. The van der Waals surface area contributed by atoms with Gasteiger partial charge in [0, 0.05) is 18.3 Å². The van der Waals surface area contributed by atoms with Gasteiger partial charge in [0.05, 0.1) is 11.8 Å². The van der Waals surface area contributed by atoms with Crippen molar-refractivity contribution in [1.29, 1.82) is 0 Å². The molecule has 0 fully saturated rings. The van der Waals surface area contributed by atoms with Gasteiger partial charge in [0.1, 0.15) is 17.4 Å². The summed E-state index contributed by atoms with van der Waals surface area (Å²) in [4.78, 5) is 16.9. The van der Waals surface area contributed by atoms with E-state index in [1.807, 2.05) is 38.1 Å². The molecule has 150 valence electrons. The van der Waals surface area contributed by atoms with Crippen LogP contribution in [0.25, 0.3) is 0 Å². The van der Waals surface area contributed by atoms with E-state index in [0.717, 1.165) is 0 Å². The first kappa shape index (κ1) is 20.3. The van der Waals surface area contributed by atoms with Crippen molar-refractivity contribution in [3.63, 3.8) is 0 Å². The summed E-state index contributed by atoms with van der Waals surface area (Å²) in [7, 11) is 0. The number of halogens is 1. The zero-order valence-electron chi connectivity index (χ0n) is 16.5. The maximum Gasteiger partial charge on any atom is 0.255 e. The molecule has 0 saturated heterocycles. The molecule has 29 heavy (non-hydrogen) atoms. The van der Waals surface area contributed by atoms with E-state index >= 15 is 0 Å². The molecule has 0 aliphatic heterocycles. The Balaban J connectivity index is 1.63. The minimum atomic E-state index is -0.260. The number of benzene rings is 2. The summed E-state index contributed by atoms with van der Waals surface area (Å²) < 4.78 is 19.4. The van der Waals surface area contributed by atoms with Gasteiger partial charge in [-0.15, -0.1) is 0 Å². The third kappa shape index (κ3) is 5.78. The Hall–Kier alpha value is -3.41. The second-order valence-electron chi connectivity index (χ2n) is 6.81. The number of anilines is 2. The Morgan fingerprint density at radius 1 is 1.10 bits per heavy atom. The number of carbonyl (C=O) groups excluding carboxylic acids is 1. The van der Waals surface area contributed by atoms with Crippen molar-refractivity contribution in [3.05, 3.63) is 83.8 Å². The summed E-state index contributed by atoms with van der Waals surface area (Å²) in [6.07, 6.45) is 2.08. The first-order chi connectivity index (χ1) is 14.0. The van der Waals surface area contributed by atoms with Gasteiger partial charge in [-0.25, -0.2) is 9.37 Å². The fourth-order valence-electron chi connectivity index (χ4n) is 2.82. The van der Waals surface area contributed by atoms with Crippen molar-refractivity contribution in [3.8, 4) is 5.75 Å². The quantitative estimate of drug-likeness (QED) is 0.570. The molecule has 1 amide bonds. The number of para-hydroxylation sites is 2. The molecule has 0 spiro atoms. The molecule has 1 heterocycles. The molecule has 6 heteroatoms. The fourth-order valence-corrected chi connectivity index (χ4v) is 2.82. The molecule has 0 unspecified atom stereocenters. The van der Waals surface area contributed by atoms with Gasteiger partial charge >= 0.3 is 0 Å². The highest BCUT2D eigenvalue weighted by Crippen LogP contribution is 2.25. The molecule has 1 aromatic heterocycles. The Bertz CT molecular complexity index is 976. The summed E-state index contributed by atoms with van der Waals surface area (Å²) in [5.41, 5.74) is 1.71. The zero-order valence-corrected chi connectivity index (χ0v) is 16.5. The van der Waals surface area contributed by atoms with Crippen molar-refractivity contribution in [2.75, 3.05) is 17.2 Å². The van der Waals surface area contributed by atoms with Crippen LogP contribution in [-0.4, -0.2) is 23.5 Å². The van der Waals surface area contributed by atoms with E-state index < -0.39 is 0 Å². The molecule has 0 bridgehead atoms. The number of hydrogen-bond donors (Lipinski definition) is 2. The highest BCUT2D eigenvalue weighted by molar-refractivity contribution is 6.05. The summed E-state index contributed by atoms with van der Waals surface area (Å²) in [6.45, 7) is 4.37. The third-order valence-corrected chi connectivity index (χ3v) is 4.18. The first-order valence-electron chi connectivity index (χ1n) is 9.53. The lowest BCUT2D eigenvalue weighted by molar-refractivity contribution is 0.102. The topological polar surface area (TPSA) is 63.2 Å². The van der Waals surface area contributed by atoms with E-state index in [-0.39, 0.29) is 17.8 Å². The Morgan fingerprint density at radius 2 is 1.86 bits per heavy atom. The summed E-state index contributed by atoms with van der Waals surface area (Å²) in [5.74, 6) is 0.691. The number of rotatable bonds is 8. The number of pyridine rings is 1. The minimum Gasteiger partial charge on any atom is -0.489 e. The van der Waals surface area contributed by atoms with Gasteiger partial charge in [-0.1, -0.05) is 30.3 Å². The van der Waals surface area contributed by atoms with E-state index in [1.165, 1.54) is 6.07 Å². The first-order valence-corrected chi connectivity index (χ1v) is 9.53. The standard InChI is InChI=1S/C23H24FN3O2/c1-16(2)29-21-10-6-5-9-20(21)27-23(28)18-12-14-26-22(15-18)25-13-11-17-7-3-4-8-19(17)24/h3-10,12,14-16H,11,13H2,1-2H3,(H,25,26)(H,27,28). The highest BCUT2D eigenvalue weighted by Gasteiger charge is 2.11. The molecule has 0 aliphatic carbocycles.